The van der Waals surface area contributed by atoms with Crippen molar-refractivity contribution >= 4 is 39.9 Å². The third-order valence-corrected chi connectivity index (χ3v) is 4.32. The number of hydrogen-bond acceptors (Lipinski definition) is 4. The Hall–Kier alpha value is -1.99. The van der Waals surface area contributed by atoms with Crippen molar-refractivity contribution in [2.75, 3.05) is 5.32 Å². The molecule has 1 aromatic carbocycles. The number of anilines is 1. The fourth-order valence-corrected chi connectivity index (χ4v) is 3.01. The lowest BCUT2D eigenvalue weighted by Gasteiger charge is -2.04. The lowest BCUT2D eigenvalue weighted by Crippen LogP contribution is -2.14. The first-order valence-corrected chi connectivity index (χ1v) is 7.51. The Balaban J connectivity index is 2.15. The lowest BCUT2D eigenvalue weighted by molar-refractivity contribution is -0.136. The van der Waals surface area contributed by atoms with Crippen molar-refractivity contribution in [1.82, 2.24) is 4.98 Å². The van der Waals surface area contributed by atoms with Crippen LogP contribution in [0.1, 0.15) is 27.3 Å². The topological polar surface area (TPSA) is 79.3 Å². The van der Waals surface area contributed by atoms with Crippen molar-refractivity contribution in [2.24, 2.45) is 0 Å². The van der Waals surface area contributed by atoms with E-state index >= 15 is 0 Å². The zero-order valence-electron chi connectivity index (χ0n) is 11.5. The van der Waals surface area contributed by atoms with E-state index in [2.05, 4.69) is 10.3 Å². The van der Waals surface area contributed by atoms with Crippen LogP contribution in [0.25, 0.3) is 0 Å². The highest BCUT2D eigenvalue weighted by Gasteiger charge is 2.18. The summed E-state index contributed by atoms with van der Waals surface area (Å²) in [7, 11) is 0. The molecule has 0 bridgehead atoms. The molecule has 0 saturated heterocycles. The molecule has 8 heteroatoms. The maximum absolute atomic E-state index is 13.7. The van der Waals surface area contributed by atoms with Gasteiger partial charge in [0.05, 0.1) is 22.7 Å². The predicted molar refractivity (Wildman–Crippen MR) is 82.2 cm³/mol. The van der Waals surface area contributed by atoms with Gasteiger partial charge in [0.25, 0.3) is 5.91 Å². The van der Waals surface area contributed by atoms with Gasteiger partial charge in [-0.2, -0.15) is 0 Å². The number of hydrogen-bond donors (Lipinski definition) is 2. The summed E-state index contributed by atoms with van der Waals surface area (Å²) in [4.78, 5) is 27.6. The molecule has 0 radical (unpaired) electrons. The number of rotatable bonds is 5. The molecule has 22 heavy (non-hydrogen) atoms. The minimum atomic E-state index is -0.906. The Kier molecular flexibility index (Phi) is 5.10. The average molecular weight is 343 g/mol. The Morgan fingerprint density at radius 3 is 2.82 bits per heavy atom. The van der Waals surface area contributed by atoms with Gasteiger partial charge in [-0.1, -0.05) is 17.7 Å². The van der Waals surface area contributed by atoms with E-state index in [0.717, 1.165) is 22.3 Å². The first kappa shape index (κ1) is 16.4. The fraction of sp³-hybridized carbons (Fsp3) is 0.214. The third kappa shape index (κ3) is 3.80. The molecule has 1 aromatic heterocycles. The molecule has 0 aliphatic carbocycles. The number of halogens is 2. The SMILES string of the molecule is Cc1nc(NC(=O)c2c(F)cccc2Cl)sc1CCC(=O)O. The monoisotopic (exact) mass is 342 g/mol. The maximum atomic E-state index is 13.7. The predicted octanol–water partition coefficient (Wildman–Crippen LogP) is 3.51. The van der Waals surface area contributed by atoms with Gasteiger partial charge in [-0.05, 0) is 25.5 Å². The van der Waals surface area contributed by atoms with Crippen molar-refractivity contribution in [2.45, 2.75) is 19.8 Å². The van der Waals surface area contributed by atoms with E-state index < -0.39 is 17.7 Å². The Morgan fingerprint density at radius 2 is 2.18 bits per heavy atom. The van der Waals surface area contributed by atoms with Crippen LogP contribution in [0.3, 0.4) is 0 Å². The molecule has 2 N–H and O–H groups in total. The van der Waals surface area contributed by atoms with E-state index in [4.69, 9.17) is 16.7 Å². The molecule has 0 unspecified atom stereocenters. The highest BCUT2D eigenvalue weighted by Crippen LogP contribution is 2.26. The van der Waals surface area contributed by atoms with E-state index in [1.807, 2.05) is 0 Å². The van der Waals surface area contributed by atoms with Crippen molar-refractivity contribution in [3.8, 4) is 0 Å². The summed E-state index contributed by atoms with van der Waals surface area (Å²) in [5.74, 6) is -2.32. The van der Waals surface area contributed by atoms with E-state index in [1.165, 1.54) is 12.1 Å². The van der Waals surface area contributed by atoms with Crippen LogP contribution in [0.2, 0.25) is 5.02 Å². The molecule has 116 valence electrons. The molecule has 0 saturated carbocycles. The van der Waals surface area contributed by atoms with E-state index in [1.54, 1.807) is 6.92 Å². The minimum absolute atomic E-state index is 0.0110. The number of aryl methyl sites for hydroxylation is 2. The van der Waals surface area contributed by atoms with Crippen LogP contribution in [-0.4, -0.2) is 22.0 Å². The largest absolute Gasteiger partial charge is 0.481 e. The van der Waals surface area contributed by atoms with Crippen molar-refractivity contribution in [3.05, 3.63) is 45.2 Å². The molecule has 0 spiro atoms. The van der Waals surface area contributed by atoms with Crippen LogP contribution < -0.4 is 5.32 Å². The first-order chi connectivity index (χ1) is 10.4. The van der Waals surface area contributed by atoms with Gasteiger partial charge < -0.3 is 5.11 Å². The molecule has 2 aromatic rings. The smallest absolute Gasteiger partial charge is 0.303 e. The van der Waals surface area contributed by atoms with Gasteiger partial charge in [0.2, 0.25) is 0 Å². The van der Waals surface area contributed by atoms with Crippen molar-refractivity contribution in [1.29, 1.82) is 0 Å². The van der Waals surface area contributed by atoms with Gasteiger partial charge in [-0.25, -0.2) is 9.37 Å². The van der Waals surface area contributed by atoms with Crippen LogP contribution in [0.15, 0.2) is 18.2 Å². The summed E-state index contributed by atoms with van der Waals surface area (Å²) in [6.07, 6.45) is 0.310. The van der Waals surface area contributed by atoms with Crippen LogP contribution in [0, 0.1) is 12.7 Å². The number of carbonyl (C=O) groups is 2. The summed E-state index contributed by atoms with van der Waals surface area (Å²) in [6.45, 7) is 1.72. The zero-order chi connectivity index (χ0) is 16.3. The number of carboxylic acids is 1. The quantitative estimate of drug-likeness (QED) is 0.871. The molecule has 0 aliphatic heterocycles. The number of aromatic nitrogens is 1. The van der Waals surface area contributed by atoms with Gasteiger partial charge in [0.15, 0.2) is 5.13 Å². The Bertz CT molecular complexity index is 713. The zero-order valence-corrected chi connectivity index (χ0v) is 13.1. The standard InChI is InChI=1S/C14H12ClFN2O3S/c1-7-10(5-6-11(19)20)22-14(17-7)18-13(21)12-8(15)3-2-4-9(12)16/h2-4H,5-6H2,1H3,(H,19,20)(H,17,18,21). The van der Waals surface area contributed by atoms with E-state index in [9.17, 15) is 14.0 Å². The molecule has 0 aliphatic rings. The molecule has 2 rings (SSSR count). The number of carbonyl (C=O) groups excluding carboxylic acids is 1. The second-order valence-corrected chi connectivity index (χ2v) is 5.96. The van der Waals surface area contributed by atoms with Crippen LogP contribution >= 0.6 is 22.9 Å². The van der Waals surface area contributed by atoms with Crippen molar-refractivity contribution in [3.63, 3.8) is 0 Å². The number of benzene rings is 1. The number of amides is 1. The third-order valence-electron chi connectivity index (χ3n) is 2.87. The van der Waals surface area contributed by atoms with E-state index in [0.29, 0.717) is 12.1 Å². The molecular formula is C14H12ClFN2O3S. The lowest BCUT2D eigenvalue weighted by atomic mass is 10.2. The fourth-order valence-electron chi connectivity index (χ4n) is 1.81. The highest BCUT2D eigenvalue weighted by atomic mass is 35.5. The van der Waals surface area contributed by atoms with Gasteiger partial charge in [-0.3, -0.25) is 14.9 Å². The van der Waals surface area contributed by atoms with Crippen LogP contribution in [-0.2, 0) is 11.2 Å². The van der Waals surface area contributed by atoms with Gasteiger partial charge in [-0.15, -0.1) is 11.3 Å². The second kappa shape index (κ2) is 6.85. The number of thiazole rings is 1. The molecule has 1 amide bonds. The van der Waals surface area contributed by atoms with E-state index in [-0.39, 0.29) is 22.1 Å². The summed E-state index contributed by atoms with van der Waals surface area (Å²) < 4.78 is 13.7. The van der Waals surface area contributed by atoms with Crippen LogP contribution in [0.4, 0.5) is 9.52 Å². The minimum Gasteiger partial charge on any atom is -0.481 e. The average Bonchev–Trinajstić information content (AvgIpc) is 2.76. The number of carboxylic acid groups (broad SMARTS) is 1. The van der Waals surface area contributed by atoms with Crippen LogP contribution in [0.5, 0.6) is 0 Å². The summed E-state index contributed by atoms with van der Waals surface area (Å²) in [5, 5.41) is 11.5. The Labute approximate surface area is 134 Å². The maximum Gasteiger partial charge on any atom is 0.303 e. The summed E-state index contributed by atoms with van der Waals surface area (Å²) >= 11 is 6.99. The number of nitrogens with one attached hydrogen (secondary N) is 1. The summed E-state index contributed by atoms with van der Waals surface area (Å²) in [6, 6.07) is 3.98. The normalized spacial score (nSPS) is 10.5. The highest BCUT2D eigenvalue weighted by molar-refractivity contribution is 7.15. The number of nitrogens with zero attached hydrogens (tertiary/aromatic N) is 1. The Morgan fingerprint density at radius 1 is 1.45 bits per heavy atom. The summed E-state index contributed by atoms with van der Waals surface area (Å²) in [5.41, 5.74) is 0.394. The molecule has 0 atom stereocenters. The second-order valence-electron chi connectivity index (χ2n) is 4.47. The molecule has 1 heterocycles. The first-order valence-electron chi connectivity index (χ1n) is 6.32. The molecule has 0 fully saturated rings. The van der Waals surface area contributed by atoms with Crippen molar-refractivity contribution < 1.29 is 19.1 Å². The molecular weight excluding hydrogens is 331 g/mol. The van der Waals surface area contributed by atoms with Gasteiger partial charge >= 0.3 is 5.97 Å². The van der Waals surface area contributed by atoms with Gasteiger partial charge in [0.1, 0.15) is 5.82 Å². The molecule has 5 nitrogen and oxygen atoms in total. The number of aliphatic carboxylic acids is 1. The van der Waals surface area contributed by atoms with Gasteiger partial charge in [0, 0.05) is 4.88 Å².